The average molecular weight is 470 g/mol. The van der Waals surface area contributed by atoms with Crippen LogP contribution in [0.5, 0.6) is 0 Å². The molecule has 0 N–H and O–H groups in total. The van der Waals surface area contributed by atoms with Crippen LogP contribution >= 0.6 is 0 Å². The lowest BCUT2D eigenvalue weighted by molar-refractivity contribution is -0.137. The number of halogens is 3. The number of benzene rings is 2. The minimum absolute atomic E-state index is 0.127. The maximum atomic E-state index is 13.0. The highest BCUT2D eigenvalue weighted by atomic mass is 19.4. The topological polar surface area (TPSA) is 62.5 Å². The van der Waals surface area contributed by atoms with Crippen molar-refractivity contribution in [3.05, 3.63) is 70.6 Å². The van der Waals surface area contributed by atoms with Crippen molar-refractivity contribution in [3.8, 4) is 11.4 Å². The van der Waals surface area contributed by atoms with Gasteiger partial charge in [-0.15, -0.1) is 0 Å². The summed E-state index contributed by atoms with van der Waals surface area (Å²) in [6, 6.07) is 11.3. The summed E-state index contributed by atoms with van der Waals surface area (Å²) >= 11 is 0. The van der Waals surface area contributed by atoms with E-state index in [4.69, 9.17) is 4.52 Å². The van der Waals surface area contributed by atoms with Gasteiger partial charge in [-0.1, -0.05) is 35.5 Å². The molecule has 0 atom stereocenters. The van der Waals surface area contributed by atoms with E-state index in [1.807, 2.05) is 4.90 Å². The molecule has 0 unspecified atom stereocenters. The Morgan fingerprint density at radius 2 is 1.79 bits per heavy atom. The van der Waals surface area contributed by atoms with Gasteiger partial charge in [0.25, 0.3) is 0 Å². The third kappa shape index (κ3) is 4.99. The molecule has 0 bridgehead atoms. The largest absolute Gasteiger partial charge is 0.416 e. The van der Waals surface area contributed by atoms with Crippen LogP contribution < -0.4 is 0 Å². The van der Waals surface area contributed by atoms with Gasteiger partial charge in [-0.2, -0.15) is 18.2 Å². The number of carbonyl (C=O) groups excluding carboxylic acids is 1. The molecule has 2 aliphatic rings. The second kappa shape index (κ2) is 9.21. The number of alkyl halides is 3. The monoisotopic (exact) mass is 470 g/mol. The van der Waals surface area contributed by atoms with Crippen LogP contribution in [0.25, 0.3) is 11.4 Å². The molecule has 1 saturated heterocycles. The molecule has 1 aromatic heterocycles. The number of nitrogens with zero attached hydrogens (tertiary/aromatic N) is 4. The Kier molecular flexibility index (Phi) is 6.12. The quantitative estimate of drug-likeness (QED) is 0.561. The highest BCUT2D eigenvalue weighted by Crippen LogP contribution is 2.31. The summed E-state index contributed by atoms with van der Waals surface area (Å²) in [7, 11) is 0. The number of hydrogen-bond acceptors (Lipinski definition) is 5. The first-order valence-electron chi connectivity index (χ1n) is 11.5. The van der Waals surface area contributed by atoms with Gasteiger partial charge in [0.2, 0.25) is 17.6 Å². The fourth-order valence-electron chi connectivity index (χ4n) is 4.64. The molecule has 1 amide bonds. The Morgan fingerprint density at radius 1 is 1.00 bits per heavy atom. The van der Waals surface area contributed by atoms with Gasteiger partial charge in [-0.3, -0.25) is 9.69 Å². The van der Waals surface area contributed by atoms with Gasteiger partial charge in [-0.05, 0) is 48.1 Å². The summed E-state index contributed by atoms with van der Waals surface area (Å²) in [6.07, 6.45) is -0.595. The molecule has 178 valence electrons. The maximum absolute atomic E-state index is 13.0. The lowest BCUT2D eigenvalue weighted by Crippen LogP contribution is -2.48. The lowest BCUT2D eigenvalue weighted by Gasteiger charge is -2.34. The first-order chi connectivity index (χ1) is 16.3. The van der Waals surface area contributed by atoms with Crippen LogP contribution in [0.1, 0.15) is 34.6 Å². The summed E-state index contributed by atoms with van der Waals surface area (Å²) < 4.78 is 44.2. The lowest BCUT2D eigenvalue weighted by atomic mass is 10.0. The molecule has 0 saturated carbocycles. The van der Waals surface area contributed by atoms with Crippen LogP contribution in [-0.4, -0.2) is 52.0 Å². The number of rotatable bonds is 5. The van der Waals surface area contributed by atoms with E-state index in [0.717, 1.165) is 30.5 Å². The van der Waals surface area contributed by atoms with E-state index in [0.29, 0.717) is 45.0 Å². The van der Waals surface area contributed by atoms with Crippen molar-refractivity contribution < 1.29 is 22.5 Å². The first kappa shape index (κ1) is 22.6. The maximum Gasteiger partial charge on any atom is 0.416 e. The number of aromatic nitrogens is 2. The van der Waals surface area contributed by atoms with E-state index < -0.39 is 11.7 Å². The van der Waals surface area contributed by atoms with Crippen LogP contribution in [0.4, 0.5) is 13.2 Å². The van der Waals surface area contributed by atoms with Crippen molar-refractivity contribution in [2.45, 2.75) is 38.4 Å². The second-order valence-electron chi connectivity index (χ2n) is 8.88. The zero-order chi connectivity index (χ0) is 23.7. The van der Waals surface area contributed by atoms with Gasteiger partial charge in [-0.25, -0.2) is 0 Å². The molecule has 2 heterocycles. The molecule has 5 rings (SSSR count). The highest BCUT2D eigenvalue weighted by molar-refractivity contribution is 5.79. The van der Waals surface area contributed by atoms with Gasteiger partial charge in [0.1, 0.15) is 0 Å². The van der Waals surface area contributed by atoms with Crippen molar-refractivity contribution in [3.63, 3.8) is 0 Å². The van der Waals surface area contributed by atoms with Crippen LogP contribution in [0.2, 0.25) is 0 Å². The van der Waals surface area contributed by atoms with Crippen molar-refractivity contribution in [2.75, 3.05) is 26.2 Å². The predicted octanol–water partition coefficient (Wildman–Crippen LogP) is 4.13. The highest BCUT2D eigenvalue weighted by Gasteiger charge is 2.31. The van der Waals surface area contributed by atoms with Crippen LogP contribution in [0.3, 0.4) is 0 Å². The van der Waals surface area contributed by atoms with Crippen molar-refractivity contribution in [1.29, 1.82) is 0 Å². The molecule has 34 heavy (non-hydrogen) atoms. The molecule has 9 heteroatoms. The normalized spacial score (nSPS) is 16.6. The molecule has 1 fully saturated rings. The number of hydrogen-bond donors (Lipinski definition) is 0. The summed E-state index contributed by atoms with van der Waals surface area (Å²) in [5, 5.41) is 3.85. The molecule has 1 aliphatic heterocycles. The van der Waals surface area contributed by atoms with Crippen molar-refractivity contribution in [2.24, 2.45) is 0 Å². The number of carbonyl (C=O) groups is 1. The predicted molar refractivity (Wildman–Crippen MR) is 119 cm³/mol. The molecular weight excluding hydrogens is 445 g/mol. The molecule has 2 aromatic carbocycles. The zero-order valence-corrected chi connectivity index (χ0v) is 18.6. The van der Waals surface area contributed by atoms with E-state index in [9.17, 15) is 18.0 Å². The number of fused-ring (bicyclic) bond motifs is 1. The summed E-state index contributed by atoms with van der Waals surface area (Å²) in [4.78, 5) is 21.0. The second-order valence-corrected chi connectivity index (χ2v) is 8.88. The minimum atomic E-state index is -4.43. The number of aryl methyl sites for hydroxylation is 2. The van der Waals surface area contributed by atoms with E-state index in [1.165, 1.54) is 29.7 Å². The molecule has 0 radical (unpaired) electrons. The van der Waals surface area contributed by atoms with Gasteiger partial charge in [0.15, 0.2) is 0 Å². The Balaban J connectivity index is 1.14. The van der Waals surface area contributed by atoms with Gasteiger partial charge >= 0.3 is 6.18 Å². The summed E-state index contributed by atoms with van der Waals surface area (Å²) in [5.41, 5.74) is 3.35. The van der Waals surface area contributed by atoms with E-state index in [1.54, 1.807) is 0 Å². The fraction of sp³-hybridized carbons (Fsp3) is 0.400. The van der Waals surface area contributed by atoms with Crippen LogP contribution in [-0.2, 0) is 36.8 Å². The number of amides is 1. The first-order valence-corrected chi connectivity index (χ1v) is 11.5. The third-order valence-electron chi connectivity index (χ3n) is 6.52. The van der Waals surface area contributed by atoms with Crippen LogP contribution in [0, 0.1) is 0 Å². The number of piperazine rings is 1. The standard InChI is InChI=1S/C25H25F3N4O2/c26-25(27,28)21-6-2-5-20(15-21)24-29-22(34-30-24)16-31-9-11-32(12-10-31)23(33)14-17-7-8-18-3-1-4-19(18)13-17/h2,5-8,13,15H,1,3-4,9-12,14,16H2. The van der Waals surface area contributed by atoms with E-state index in [-0.39, 0.29) is 17.3 Å². The minimum Gasteiger partial charge on any atom is -0.340 e. The van der Waals surface area contributed by atoms with Crippen molar-refractivity contribution in [1.82, 2.24) is 19.9 Å². The summed E-state index contributed by atoms with van der Waals surface area (Å²) in [6.45, 7) is 2.93. The van der Waals surface area contributed by atoms with Gasteiger partial charge in [0.05, 0.1) is 18.5 Å². The van der Waals surface area contributed by atoms with E-state index in [2.05, 4.69) is 33.2 Å². The average Bonchev–Trinajstić information content (AvgIpc) is 3.48. The SMILES string of the molecule is O=C(Cc1ccc2c(c1)CCC2)N1CCN(Cc2nc(-c3cccc(C(F)(F)F)c3)no2)CC1. The van der Waals surface area contributed by atoms with E-state index >= 15 is 0 Å². The Hall–Kier alpha value is -3.20. The fourth-order valence-corrected chi connectivity index (χ4v) is 4.64. The summed E-state index contributed by atoms with van der Waals surface area (Å²) in [5.74, 6) is 0.594. The smallest absolute Gasteiger partial charge is 0.340 e. The Bertz CT molecular complexity index is 1180. The zero-order valence-electron chi connectivity index (χ0n) is 18.6. The molecular formula is C25H25F3N4O2. The molecule has 6 nitrogen and oxygen atoms in total. The van der Waals surface area contributed by atoms with Gasteiger partial charge in [0, 0.05) is 31.7 Å². The molecule has 0 spiro atoms. The third-order valence-corrected chi connectivity index (χ3v) is 6.52. The van der Waals surface area contributed by atoms with Crippen molar-refractivity contribution >= 4 is 5.91 Å². The Labute approximate surface area is 195 Å². The molecule has 3 aromatic rings. The van der Waals surface area contributed by atoms with Crippen LogP contribution in [0.15, 0.2) is 47.0 Å². The molecule has 1 aliphatic carbocycles. The van der Waals surface area contributed by atoms with Gasteiger partial charge < -0.3 is 9.42 Å². The Morgan fingerprint density at radius 3 is 2.59 bits per heavy atom.